The fourth-order valence-electron chi connectivity index (χ4n) is 1.71. The van der Waals surface area contributed by atoms with E-state index in [1.807, 2.05) is 13.0 Å². The van der Waals surface area contributed by atoms with Crippen LogP contribution in [0.4, 0.5) is 5.82 Å². The Bertz CT molecular complexity index is 664. The lowest BCUT2D eigenvalue weighted by Gasteiger charge is -2.04. The van der Waals surface area contributed by atoms with E-state index < -0.39 is 0 Å². The van der Waals surface area contributed by atoms with E-state index in [0.717, 1.165) is 5.56 Å². The van der Waals surface area contributed by atoms with Crippen molar-refractivity contribution in [3.05, 3.63) is 46.1 Å². The molecule has 5 nitrogen and oxygen atoms in total. The van der Waals surface area contributed by atoms with Crippen molar-refractivity contribution in [2.24, 2.45) is 7.05 Å². The molecule has 1 aromatic carbocycles. The molecule has 1 aromatic heterocycles. The van der Waals surface area contributed by atoms with Gasteiger partial charge in [0.25, 0.3) is 5.91 Å². The zero-order valence-electron chi connectivity index (χ0n) is 10.4. The second-order valence-corrected chi connectivity index (χ2v) is 4.58. The zero-order chi connectivity index (χ0) is 14.0. The molecule has 2 aromatic rings. The number of rotatable bonds is 2. The van der Waals surface area contributed by atoms with Gasteiger partial charge in [-0.15, -0.1) is 0 Å². The Kier molecular flexibility index (Phi) is 3.54. The molecule has 0 saturated carbocycles. The third-order valence-electron chi connectivity index (χ3n) is 2.49. The molecule has 0 spiro atoms. The molecule has 1 N–H and O–H groups in total. The number of benzene rings is 1. The van der Waals surface area contributed by atoms with Crippen molar-refractivity contribution < 1.29 is 4.79 Å². The fourth-order valence-corrected chi connectivity index (χ4v) is 2.00. The lowest BCUT2D eigenvalue weighted by Crippen LogP contribution is -2.13. The molecule has 96 valence electrons. The van der Waals surface area contributed by atoms with Gasteiger partial charge in [-0.05, 0) is 30.7 Å². The topological polar surface area (TPSA) is 70.7 Å². The third-order valence-corrected chi connectivity index (χ3v) is 2.70. The van der Waals surface area contributed by atoms with Crippen LogP contribution in [0.2, 0.25) is 5.02 Å². The first-order valence-corrected chi connectivity index (χ1v) is 5.89. The number of carbonyl (C=O) groups is 1. The van der Waals surface area contributed by atoms with Gasteiger partial charge in [0.1, 0.15) is 11.6 Å². The molecule has 1 amide bonds. The van der Waals surface area contributed by atoms with Crippen LogP contribution in [0.25, 0.3) is 0 Å². The van der Waals surface area contributed by atoms with Crippen molar-refractivity contribution in [3.8, 4) is 6.07 Å². The van der Waals surface area contributed by atoms with Gasteiger partial charge in [-0.1, -0.05) is 11.6 Å². The summed E-state index contributed by atoms with van der Waals surface area (Å²) in [7, 11) is 1.68. The molecule has 19 heavy (non-hydrogen) atoms. The van der Waals surface area contributed by atoms with E-state index in [4.69, 9.17) is 16.9 Å². The molecular weight excluding hydrogens is 264 g/mol. The average Bonchev–Trinajstić information content (AvgIpc) is 2.68. The summed E-state index contributed by atoms with van der Waals surface area (Å²) in [6.07, 6.45) is 1.54. The lowest BCUT2D eigenvalue weighted by molar-refractivity contribution is 0.102. The van der Waals surface area contributed by atoms with Crippen molar-refractivity contribution in [2.75, 3.05) is 5.32 Å². The van der Waals surface area contributed by atoms with Crippen molar-refractivity contribution in [1.82, 2.24) is 9.78 Å². The second kappa shape index (κ2) is 5.12. The number of nitrogens with one attached hydrogen (secondary N) is 1. The molecule has 0 bridgehead atoms. The summed E-state index contributed by atoms with van der Waals surface area (Å²) in [5.41, 5.74) is 1.63. The maximum Gasteiger partial charge on any atom is 0.256 e. The van der Waals surface area contributed by atoms with Gasteiger partial charge in [0.05, 0.1) is 0 Å². The number of hydrogen-bond donors (Lipinski definition) is 1. The highest BCUT2D eigenvalue weighted by Crippen LogP contribution is 2.17. The minimum atomic E-state index is -0.346. The summed E-state index contributed by atoms with van der Waals surface area (Å²) in [6, 6.07) is 7.02. The van der Waals surface area contributed by atoms with Gasteiger partial charge in [0.2, 0.25) is 0 Å². The first-order valence-electron chi connectivity index (χ1n) is 5.52. The Labute approximate surface area is 115 Å². The number of anilines is 1. The number of nitrogens with zero attached hydrogens (tertiary/aromatic N) is 3. The molecule has 0 saturated heterocycles. The third kappa shape index (κ3) is 2.92. The molecule has 0 aliphatic rings. The van der Waals surface area contributed by atoms with Crippen molar-refractivity contribution >= 4 is 23.3 Å². The predicted molar refractivity (Wildman–Crippen MR) is 72.1 cm³/mol. The Morgan fingerprint density at radius 2 is 2.21 bits per heavy atom. The Morgan fingerprint density at radius 3 is 2.84 bits per heavy atom. The fraction of sp³-hybridized carbons (Fsp3) is 0.154. The Morgan fingerprint density at radius 1 is 1.47 bits per heavy atom. The van der Waals surface area contributed by atoms with Crippen LogP contribution in [0.15, 0.2) is 24.4 Å². The molecule has 1 heterocycles. The first kappa shape index (κ1) is 13.1. The van der Waals surface area contributed by atoms with E-state index in [-0.39, 0.29) is 11.7 Å². The van der Waals surface area contributed by atoms with Crippen molar-refractivity contribution in [2.45, 2.75) is 6.92 Å². The summed E-state index contributed by atoms with van der Waals surface area (Å²) in [5, 5.41) is 16.0. The van der Waals surface area contributed by atoms with Crippen LogP contribution in [-0.4, -0.2) is 15.7 Å². The molecule has 0 fully saturated rings. The van der Waals surface area contributed by atoms with Gasteiger partial charge < -0.3 is 5.32 Å². The molecule has 2 rings (SSSR count). The highest BCUT2D eigenvalue weighted by atomic mass is 35.5. The van der Waals surface area contributed by atoms with Gasteiger partial charge in [-0.25, -0.2) is 0 Å². The van der Waals surface area contributed by atoms with E-state index in [1.165, 1.54) is 4.68 Å². The van der Waals surface area contributed by atoms with Gasteiger partial charge in [0.15, 0.2) is 5.82 Å². The second-order valence-electron chi connectivity index (χ2n) is 4.15. The van der Waals surface area contributed by atoms with Crippen LogP contribution < -0.4 is 5.32 Å². The summed E-state index contributed by atoms with van der Waals surface area (Å²) in [5.74, 6) is -0.103. The van der Waals surface area contributed by atoms with Crippen LogP contribution in [-0.2, 0) is 7.05 Å². The SMILES string of the molecule is Cc1cc(Cl)cc(C(=O)Nc2nn(C)cc2C#N)c1. The number of hydrogen-bond acceptors (Lipinski definition) is 3. The molecule has 0 aliphatic heterocycles. The minimum Gasteiger partial charge on any atom is -0.304 e. The van der Waals surface area contributed by atoms with Gasteiger partial charge >= 0.3 is 0 Å². The van der Waals surface area contributed by atoms with E-state index in [2.05, 4.69) is 10.4 Å². The number of carbonyl (C=O) groups excluding carboxylic acids is 1. The number of aryl methyl sites for hydroxylation is 2. The average molecular weight is 275 g/mol. The van der Waals surface area contributed by atoms with Gasteiger partial charge in [0, 0.05) is 23.8 Å². The van der Waals surface area contributed by atoms with Crippen LogP contribution >= 0.6 is 11.6 Å². The normalized spacial score (nSPS) is 10.0. The number of nitriles is 1. The quantitative estimate of drug-likeness (QED) is 0.915. The molecule has 0 atom stereocenters. The predicted octanol–water partition coefficient (Wildman–Crippen LogP) is 2.51. The highest BCUT2D eigenvalue weighted by molar-refractivity contribution is 6.31. The van der Waals surface area contributed by atoms with Crippen LogP contribution in [0, 0.1) is 18.3 Å². The summed E-state index contributed by atoms with van der Waals surface area (Å²) in [6.45, 7) is 1.85. The summed E-state index contributed by atoms with van der Waals surface area (Å²) in [4.78, 5) is 12.1. The van der Waals surface area contributed by atoms with Crippen LogP contribution in [0.5, 0.6) is 0 Å². The number of halogens is 1. The van der Waals surface area contributed by atoms with E-state index in [0.29, 0.717) is 16.1 Å². The maximum atomic E-state index is 12.1. The summed E-state index contributed by atoms with van der Waals surface area (Å²) < 4.78 is 1.47. The van der Waals surface area contributed by atoms with Gasteiger partial charge in [-0.3, -0.25) is 9.48 Å². The zero-order valence-corrected chi connectivity index (χ0v) is 11.2. The van der Waals surface area contributed by atoms with Crippen molar-refractivity contribution in [3.63, 3.8) is 0 Å². The Balaban J connectivity index is 2.28. The van der Waals surface area contributed by atoms with Gasteiger partial charge in [-0.2, -0.15) is 10.4 Å². The molecular formula is C13H11ClN4O. The Hall–Kier alpha value is -2.32. The van der Waals surface area contributed by atoms with E-state index >= 15 is 0 Å². The lowest BCUT2D eigenvalue weighted by atomic mass is 10.1. The highest BCUT2D eigenvalue weighted by Gasteiger charge is 2.13. The van der Waals surface area contributed by atoms with Crippen molar-refractivity contribution in [1.29, 1.82) is 5.26 Å². The van der Waals surface area contributed by atoms with Crippen LogP contribution in [0.1, 0.15) is 21.5 Å². The van der Waals surface area contributed by atoms with E-state index in [9.17, 15) is 4.79 Å². The largest absolute Gasteiger partial charge is 0.304 e. The number of amides is 1. The smallest absolute Gasteiger partial charge is 0.256 e. The maximum absolute atomic E-state index is 12.1. The first-order chi connectivity index (χ1) is 8.99. The minimum absolute atomic E-state index is 0.243. The molecule has 0 aliphatic carbocycles. The summed E-state index contributed by atoms with van der Waals surface area (Å²) >= 11 is 5.91. The molecule has 6 heteroatoms. The molecule has 0 radical (unpaired) electrons. The molecule has 0 unspecified atom stereocenters. The van der Waals surface area contributed by atoms with E-state index in [1.54, 1.807) is 31.4 Å². The van der Waals surface area contributed by atoms with Crippen LogP contribution in [0.3, 0.4) is 0 Å². The standard InChI is InChI=1S/C13H11ClN4O/c1-8-3-9(5-11(14)4-8)13(19)16-12-10(6-15)7-18(2)17-12/h3-5,7H,1-2H3,(H,16,17,19). The number of aromatic nitrogens is 2. The monoisotopic (exact) mass is 274 g/mol.